The van der Waals surface area contributed by atoms with Crippen molar-refractivity contribution in [2.24, 2.45) is 0 Å². The van der Waals surface area contributed by atoms with Crippen molar-refractivity contribution in [1.29, 1.82) is 0 Å². The van der Waals surface area contributed by atoms with Crippen LogP contribution in [0, 0.1) is 6.92 Å². The quantitative estimate of drug-likeness (QED) is 0.0309. The number of nitrogens with zero attached hydrogens (tertiary/aromatic N) is 3. The van der Waals surface area contributed by atoms with E-state index >= 15 is 0 Å². The van der Waals surface area contributed by atoms with Gasteiger partial charge in [0.1, 0.15) is 11.5 Å². The monoisotopic (exact) mass is 687 g/mol. The molecule has 5 rings (SSSR count). The minimum absolute atomic E-state index is 0.0502. The van der Waals surface area contributed by atoms with Crippen LogP contribution in [-0.4, -0.2) is 46.8 Å². The van der Waals surface area contributed by atoms with Gasteiger partial charge in [-0.15, -0.1) is 10.2 Å². The van der Waals surface area contributed by atoms with Crippen LogP contribution >= 0.6 is 23.1 Å². The van der Waals surface area contributed by atoms with E-state index in [4.69, 9.17) is 14.2 Å². The van der Waals surface area contributed by atoms with Crippen molar-refractivity contribution in [3.63, 3.8) is 0 Å². The van der Waals surface area contributed by atoms with Crippen LogP contribution in [0.25, 0.3) is 5.76 Å². The van der Waals surface area contributed by atoms with Crippen molar-refractivity contribution in [3.8, 4) is 17.2 Å². The molecule has 1 atom stereocenters. The predicted octanol–water partition coefficient (Wildman–Crippen LogP) is 8.52. The first kappa shape index (κ1) is 35.0. The minimum atomic E-state index is -0.989. The number of Topliss-reactive ketones (excluding diaryl/α,β-unsaturated/α-hetero) is 1. The third-order valence-corrected chi connectivity index (χ3v) is 9.89. The van der Waals surface area contributed by atoms with Gasteiger partial charge in [0, 0.05) is 11.3 Å². The molecule has 11 heteroatoms. The number of unbranched alkanes of at least 4 members (excludes halogenated alkanes) is 2. The molecular formula is C37H41N3O6S2. The van der Waals surface area contributed by atoms with E-state index in [1.54, 1.807) is 42.5 Å². The third-order valence-electron chi connectivity index (χ3n) is 7.76. The highest BCUT2D eigenvalue weighted by molar-refractivity contribution is 8.00. The zero-order valence-corrected chi connectivity index (χ0v) is 29.4. The molecule has 1 saturated heterocycles. The maximum Gasteiger partial charge on any atom is 0.301 e. The van der Waals surface area contributed by atoms with Gasteiger partial charge in [-0.3, -0.25) is 14.5 Å². The Bertz CT molecular complexity index is 1740. The van der Waals surface area contributed by atoms with E-state index in [0.29, 0.717) is 58.3 Å². The molecule has 1 amide bonds. The number of ketones is 1. The highest BCUT2D eigenvalue weighted by Gasteiger charge is 2.48. The number of carbonyl (C=O) groups is 2. The molecule has 0 saturated carbocycles. The van der Waals surface area contributed by atoms with Gasteiger partial charge in [-0.2, -0.15) is 0 Å². The van der Waals surface area contributed by atoms with Crippen LogP contribution < -0.4 is 19.1 Å². The summed E-state index contributed by atoms with van der Waals surface area (Å²) in [6, 6.07) is 19.5. The third kappa shape index (κ3) is 8.19. The summed E-state index contributed by atoms with van der Waals surface area (Å²) in [5.41, 5.74) is 3.21. The Morgan fingerprint density at radius 3 is 2.27 bits per heavy atom. The molecule has 1 N–H and O–H groups in total. The van der Waals surface area contributed by atoms with E-state index in [2.05, 4.69) is 48.3 Å². The summed E-state index contributed by atoms with van der Waals surface area (Å²) in [5, 5.41) is 20.6. The van der Waals surface area contributed by atoms with Crippen LogP contribution in [0.4, 0.5) is 5.13 Å². The topological polar surface area (TPSA) is 111 Å². The fourth-order valence-electron chi connectivity index (χ4n) is 5.14. The summed E-state index contributed by atoms with van der Waals surface area (Å²) in [6.45, 7) is 9.60. The number of aliphatic hydroxyl groups is 1. The molecule has 4 aromatic rings. The Morgan fingerprint density at radius 1 is 0.875 bits per heavy atom. The first-order valence-corrected chi connectivity index (χ1v) is 18.1. The Labute approximate surface area is 290 Å². The highest BCUT2D eigenvalue weighted by atomic mass is 32.2. The number of benzene rings is 3. The fraction of sp³-hybridized carbons (Fsp3) is 0.351. The van der Waals surface area contributed by atoms with Crippen molar-refractivity contribution in [1.82, 2.24) is 10.2 Å². The number of aliphatic hydroxyl groups excluding tert-OH is 1. The van der Waals surface area contributed by atoms with Gasteiger partial charge >= 0.3 is 5.91 Å². The maximum atomic E-state index is 13.8. The van der Waals surface area contributed by atoms with Crippen LogP contribution in [0.5, 0.6) is 17.2 Å². The van der Waals surface area contributed by atoms with Gasteiger partial charge in [0.25, 0.3) is 5.78 Å². The second-order valence-corrected chi connectivity index (χ2v) is 13.5. The maximum absolute atomic E-state index is 13.8. The van der Waals surface area contributed by atoms with Crippen LogP contribution in [0.2, 0.25) is 0 Å². The van der Waals surface area contributed by atoms with Gasteiger partial charge in [0.05, 0.1) is 31.4 Å². The van der Waals surface area contributed by atoms with E-state index < -0.39 is 17.7 Å². The van der Waals surface area contributed by atoms with Crippen molar-refractivity contribution in [2.75, 3.05) is 24.7 Å². The molecule has 0 aliphatic carbocycles. The molecule has 1 aliphatic heterocycles. The van der Waals surface area contributed by atoms with Gasteiger partial charge in [0.15, 0.2) is 15.8 Å². The molecule has 0 bridgehead atoms. The van der Waals surface area contributed by atoms with Crippen molar-refractivity contribution in [2.45, 2.75) is 69.5 Å². The molecule has 1 aliphatic rings. The van der Waals surface area contributed by atoms with E-state index in [1.807, 2.05) is 13.8 Å². The summed E-state index contributed by atoms with van der Waals surface area (Å²) in [4.78, 5) is 28.9. The highest BCUT2D eigenvalue weighted by Crippen LogP contribution is 2.46. The number of thioether (sulfide) groups is 1. The normalized spacial score (nSPS) is 15.6. The van der Waals surface area contributed by atoms with Gasteiger partial charge < -0.3 is 19.3 Å². The number of hydrogen-bond acceptors (Lipinski definition) is 10. The lowest BCUT2D eigenvalue weighted by Gasteiger charge is -2.23. The first-order chi connectivity index (χ1) is 23.3. The van der Waals surface area contributed by atoms with Gasteiger partial charge in [-0.1, -0.05) is 85.7 Å². The SMILES string of the molecule is CCCCOc1ccc(/C(O)=C2\C(=O)C(=O)N(c3nnc(SCc4ccc(C)cc4)s3)C2c2ccc(OCCCC)c(OCC)c2)cc1. The van der Waals surface area contributed by atoms with E-state index in [9.17, 15) is 14.7 Å². The molecule has 1 unspecified atom stereocenters. The molecule has 0 radical (unpaired) electrons. The van der Waals surface area contributed by atoms with Gasteiger partial charge in [0.2, 0.25) is 5.13 Å². The minimum Gasteiger partial charge on any atom is -0.507 e. The van der Waals surface area contributed by atoms with Crippen LogP contribution in [0.1, 0.15) is 74.8 Å². The Kier molecular flexibility index (Phi) is 12.1. The van der Waals surface area contributed by atoms with E-state index in [1.165, 1.54) is 33.6 Å². The lowest BCUT2D eigenvalue weighted by molar-refractivity contribution is -0.132. The molecule has 1 fully saturated rings. The number of hydrogen-bond donors (Lipinski definition) is 1. The molecule has 48 heavy (non-hydrogen) atoms. The number of ether oxygens (including phenoxy) is 3. The van der Waals surface area contributed by atoms with Gasteiger partial charge in [-0.05, 0) is 74.2 Å². The second-order valence-electron chi connectivity index (χ2n) is 11.4. The molecular weight excluding hydrogens is 647 g/mol. The zero-order valence-electron chi connectivity index (χ0n) is 27.7. The summed E-state index contributed by atoms with van der Waals surface area (Å²) < 4.78 is 18.4. The molecule has 1 aromatic heterocycles. The second kappa shape index (κ2) is 16.7. The van der Waals surface area contributed by atoms with E-state index in [0.717, 1.165) is 31.2 Å². The lowest BCUT2D eigenvalue weighted by atomic mass is 9.95. The van der Waals surface area contributed by atoms with Crippen LogP contribution in [0.3, 0.4) is 0 Å². The summed E-state index contributed by atoms with van der Waals surface area (Å²) in [7, 11) is 0. The largest absolute Gasteiger partial charge is 0.507 e. The Balaban J connectivity index is 1.53. The fourth-order valence-corrected chi connectivity index (χ4v) is 6.96. The molecule has 9 nitrogen and oxygen atoms in total. The zero-order chi connectivity index (χ0) is 34.0. The first-order valence-electron chi connectivity index (χ1n) is 16.3. The van der Waals surface area contributed by atoms with Crippen molar-refractivity contribution < 1.29 is 28.9 Å². The summed E-state index contributed by atoms with van der Waals surface area (Å²) in [6.07, 6.45) is 3.81. The number of anilines is 1. The average molecular weight is 688 g/mol. The molecule has 3 aromatic carbocycles. The number of amides is 1. The number of aryl methyl sites for hydroxylation is 1. The van der Waals surface area contributed by atoms with Crippen molar-refractivity contribution >= 4 is 45.7 Å². The molecule has 0 spiro atoms. The van der Waals surface area contributed by atoms with E-state index in [-0.39, 0.29) is 16.5 Å². The molecule has 252 valence electrons. The summed E-state index contributed by atoms with van der Waals surface area (Å²) in [5.74, 6) is 0.473. The number of rotatable bonds is 16. The number of carbonyl (C=O) groups excluding carboxylic acids is 2. The average Bonchev–Trinajstić information content (AvgIpc) is 3.67. The van der Waals surface area contributed by atoms with Gasteiger partial charge in [-0.25, -0.2) is 0 Å². The predicted molar refractivity (Wildman–Crippen MR) is 190 cm³/mol. The van der Waals surface area contributed by atoms with Crippen molar-refractivity contribution in [3.05, 3.63) is 94.6 Å². The standard InChI is InChI=1S/C37H41N3O6S2/c1-5-8-20-45-28-17-14-26(15-18-28)33(41)31-32(27-16-19-29(46-21-9-6-2)30(22-27)44-7-3)40(35(43)34(31)42)36-38-39-37(48-36)47-23-25-12-10-24(4)11-13-25/h10-19,22,32,41H,5-9,20-21,23H2,1-4H3/b33-31+. The Morgan fingerprint density at radius 2 is 1.58 bits per heavy atom. The molecule has 2 heterocycles. The van der Waals surface area contributed by atoms with Crippen LogP contribution in [0.15, 0.2) is 76.6 Å². The summed E-state index contributed by atoms with van der Waals surface area (Å²) >= 11 is 2.73. The van der Waals surface area contributed by atoms with Crippen LogP contribution in [-0.2, 0) is 15.3 Å². The lowest BCUT2D eigenvalue weighted by Crippen LogP contribution is -2.29. The smallest absolute Gasteiger partial charge is 0.301 e. The number of aromatic nitrogens is 2. The Hall–Kier alpha value is -4.35.